The zero-order valence-corrected chi connectivity index (χ0v) is 16.6. The van der Waals surface area contributed by atoms with Crippen LogP contribution in [-0.4, -0.2) is 69.0 Å². The lowest BCUT2D eigenvalue weighted by atomic mass is 10.2. The summed E-state index contributed by atoms with van der Waals surface area (Å²) in [7, 11) is 0. The number of aromatic carboxylic acids is 2. The molecule has 8 nitrogen and oxygen atoms in total. The number of benzene rings is 2. The number of carbonyl (C=O) groups is 2. The van der Waals surface area contributed by atoms with E-state index in [4.69, 9.17) is 30.6 Å². The van der Waals surface area contributed by atoms with Crippen LogP contribution >= 0.6 is 25.3 Å². The first-order valence-corrected chi connectivity index (χ1v) is 8.60. The Labute approximate surface area is 173 Å². The Kier molecular flexibility index (Phi) is 18.4. The van der Waals surface area contributed by atoms with Crippen LogP contribution in [0.4, 0.5) is 0 Å². The number of carboxylic acids is 2. The molecule has 0 bridgehead atoms. The molecule has 0 saturated carbocycles. The van der Waals surface area contributed by atoms with Gasteiger partial charge in [-0.3, -0.25) is 0 Å². The maximum Gasteiger partial charge on any atom is 0.335 e. The highest BCUT2D eigenvalue weighted by Gasteiger charge is 2.00. The lowest BCUT2D eigenvalue weighted by Gasteiger charge is -1.92. The molecule has 10 heteroatoms. The zero-order chi connectivity index (χ0) is 21.9. The Morgan fingerprint density at radius 3 is 1.07 bits per heavy atom. The minimum absolute atomic E-state index is 0.125. The molecule has 0 heterocycles. The summed E-state index contributed by atoms with van der Waals surface area (Å²) >= 11 is 7.97. The summed E-state index contributed by atoms with van der Waals surface area (Å²) in [4.78, 5) is 22.0. The van der Waals surface area contributed by atoms with Gasteiger partial charge in [-0.1, -0.05) is 12.1 Å². The molecule has 0 unspecified atom stereocenters. The van der Waals surface area contributed by atoms with Crippen molar-refractivity contribution >= 4 is 37.2 Å². The second-order valence-corrected chi connectivity index (χ2v) is 5.64. The molecule has 28 heavy (non-hydrogen) atoms. The van der Waals surface area contributed by atoms with Crippen molar-refractivity contribution in [1.82, 2.24) is 0 Å². The fourth-order valence-corrected chi connectivity index (χ4v) is 1.73. The summed E-state index contributed by atoms with van der Waals surface area (Å²) in [6, 6.07) is 12.9. The predicted molar refractivity (Wildman–Crippen MR) is 110 cm³/mol. The van der Waals surface area contributed by atoms with E-state index in [0.717, 1.165) is 0 Å². The fourth-order valence-electron chi connectivity index (χ4n) is 1.28. The Hall–Kier alpha value is -2.08. The molecule has 0 aliphatic rings. The molecule has 156 valence electrons. The standard InChI is InChI=1S/2C7H6O2S.2C2H6O2/c2*8-7(9)5-2-1-3-6(10)4-5;2*3-1-2-4/h2*1-4,10H,(H,8,9);2*3-4H,1-2H2. The molecule has 0 aromatic heterocycles. The van der Waals surface area contributed by atoms with Crippen molar-refractivity contribution in [3.05, 3.63) is 59.7 Å². The van der Waals surface area contributed by atoms with Gasteiger partial charge < -0.3 is 30.6 Å². The second kappa shape index (κ2) is 18.3. The number of thiol groups is 2. The van der Waals surface area contributed by atoms with Crippen molar-refractivity contribution in [2.75, 3.05) is 26.4 Å². The average Bonchev–Trinajstić information content (AvgIpc) is 2.69. The molecule has 0 spiro atoms. The maximum atomic E-state index is 10.3. The molecule has 0 atom stereocenters. The third-order valence-corrected chi connectivity index (χ3v) is 2.94. The lowest BCUT2D eigenvalue weighted by Crippen LogP contribution is -1.94. The van der Waals surface area contributed by atoms with E-state index in [1.165, 1.54) is 24.3 Å². The number of carboxylic acid groups (broad SMARTS) is 2. The van der Waals surface area contributed by atoms with Gasteiger partial charge in [-0.15, -0.1) is 25.3 Å². The van der Waals surface area contributed by atoms with E-state index < -0.39 is 11.9 Å². The van der Waals surface area contributed by atoms with Gasteiger partial charge >= 0.3 is 11.9 Å². The van der Waals surface area contributed by atoms with Crippen LogP contribution in [0.15, 0.2) is 58.3 Å². The Bertz CT molecular complexity index is 631. The van der Waals surface area contributed by atoms with E-state index >= 15 is 0 Å². The van der Waals surface area contributed by atoms with Gasteiger partial charge in [-0.05, 0) is 36.4 Å². The third-order valence-electron chi connectivity index (χ3n) is 2.39. The summed E-state index contributed by atoms with van der Waals surface area (Å²) in [5.74, 6) is -1.84. The number of rotatable bonds is 4. The van der Waals surface area contributed by atoms with Crippen molar-refractivity contribution in [2.24, 2.45) is 0 Å². The minimum Gasteiger partial charge on any atom is -0.478 e. The van der Waals surface area contributed by atoms with Crippen LogP contribution in [0.5, 0.6) is 0 Å². The number of hydrogen-bond acceptors (Lipinski definition) is 8. The van der Waals surface area contributed by atoms with Gasteiger partial charge in [0.15, 0.2) is 0 Å². The van der Waals surface area contributed by atoms with E-state index in [0.29, 0.717) is 9.79 Å². The van der Waals surface area contributed by atoms with Gasteiger partial charge in [-0.2, -0.15) is 0 Å². The van der Waals surface area contributed by atoms with E-state index in [2.05, 4.69) is 25.3 Å². The normalized spacial score (nSPS) is 8.79. The molecule has 6 N–H and O–H groups in total. The van der Waals surface area contributed by atoms with Crippen LogP contribution < -0.4 is 0 Å². The molecule has 0 aliphatic carbocycles. The van der Waals surface area contributed by atoms with Gasteiger partial charge in [0.25, 0.3) is 0 Å². The van der Waals surface area contributed by atoms with Crippen LogP contribution in [0.1, 0.15) is 20.7 Å². The van der Waals surface area contributed by atoms with Gasteiger partial charge in [0.05, 0.1) is 37.6 Å². The smallest absolute Gasteiger partial charge is 0.335 e. The van der Waals surface area contributed by atoms with Gasteiger partial charge in [0.2, 0.25) is 0 Å². The SMILES string of the molecule is O=C(O)c1cccc(S)c1.O=C(O)c1cccc(S)c1.OCCO.OCCO. The summed E-state index contributed by atoms with van der Waals surface area (Å²) in [6.07, 6.45) is 0. The third kappa shape index (κ3) is 16.1. The molecule has 2 aromatic rings. The van der Waals surface area contributed by atoms with Crippen molar-refractivity contribution in [2.45, 2.75) is 9.79 Å². The first-order chi connectivity index (χ1) is 13.2. The molecular weight excluding hydrogens is 408 g/mol. The van der Waals surface area contributed by atoms with Crippen LogP contribution in [0.3, 0.4) is 0 Å². The van der Waals surface area contributed by atoms with Crippen molar-refractivity contribution < 1.29 is 40.2 Å². The van der Waals surface area contributed by atoms with Crippen molar-refractivity contribution in [3.8, 4) is 0 Å². The van der Waals surface area contributed by atoms with Gasteiger partial charge in [0, 0.05) is 9.79 Å². The minimum atomic E-state index is -0.920. The van der Waals surface area contributed by atoms with Crippen LogP contribution in [0.25, 0.3) is 0 Å². The molecule has 0 amide bonds. The van der Waals surface area contributed by atoms with Crippen molar-refractivity contribution in [3.63, 3.8) is 0 Å². The van der Waals surface area contributed by atoms with Gasteiger partial charge in [0.1, 0.15) is 0 Å². The summed E-state index contributed by atoms with van der Waals surface area (Å²) in [6.45, 7) is -0.500. The van der Waals surface area contributed by atoms with Gasteiger partial charge in [-0.25, -0.2) is 9.59 Å². The maximum absolute atomic E-state index is 10.3. The topological polar surface area (TPSA) is 156 Å². The molecule has 0 radical (unpaired) electrons. The molecule has 2 aromatic carbocycles. The first-order valence-electron chi connectivity index (χ1n) is 7.71. The summed E-state index contributed by atoms with van der Waals surface area (Å²) < 4.78 is 0. The zero-order valence-electron chi connectivity index (χ0n) is 14.8. The number of aliphatic hydroxyl groups is 4. The summed E-state index contributed by atoms with van der Waals surface area (Å²) in [5, 5.41) is 47.5. The Morgan fingerprint density at radius 1 is 0.643 bits per heavy atom. The highest BCUT2D eigenvalue weighted by atomic mass is 32.1. The highest BCUT2D eigenvalue weighted by molar-refractivity contribution is 7.80. The predicted octanol–water partition coefficient (Wildman–Crippen LogP) is 1.29. The van der Waals surface area contributed by atoms with E-state index in [9.17, 15) is 9.59 Å². The lowest BCUT2D eigenvalue weighted by molar-refractivity contribution is 0.0685. The summed E-state index contributed by atoms with van der Waals surface area (Å²) in [5.41, 5.74) is 0.542. The molecule has 2 rings (SSSR count). The highest BCUT2D eigenvalue weighted by Crippen LogP contribution is 2.08. The van der Waals surface area contributed by atoms with Crippen molar-refractivity contribution in [1.29, 1.82) is 0 Å². The molecule has 0 saturated heterocycles. The van der Waals surface area contributed by atoms with E-state index in [1.807, 2.05) is 0 Å². The number of aliphatic hydroxyl groups excluding tert-OH is 4. The fraction of sp³-hybridized carbons (Fsp3) is 0.222. The van der Waals surface area contributed by atoms with Crippen LogP contribution in [0.2, 0.25) is 0 Å². The van der Waals surface area contributed by atoms with Crippen LogP contribution in [-0.2, 0) is 0 Å². The quantitative estimate of drug-likeness (QED) is 0.336. The molecule has 0 fully saturated rings. The molecule has 0 aliphatic heterocycles. The van der Waals surface area contributed by atoms with E-state index in [-0.39, 0.29) is 37.6 Å². The van der Waals surface area contributed by atoms with Crippen LogP contribution in [0, 0.1) is 0 Å². The second-order valence-electron chi connectivity index (χ2n) is 4.61. The monoisotopic (exact) mass is 432 g/mol. The average molecular weight is 433 g/mol. The first kappa shape index (κ1) is 28.1. The largest absolute Gasteiger partial charge is 0.478 e. The Balaban J connectivity index is 0. The molecular formula is C18H24O8S2. The van der Waals surface area contributed by atoms with E-state index in [1.54, 1.807) is 24.3 Å². The number of hydrogen-bond donors (Lipinski definition) is 8. The Morgan fingerprint density at radius 2 is 0.929 bits per heavy atom.